The molecule has 4 rings (SSSR count). The zero-order valence-electron chi connectivity index (χ0n) is 18.5. The van der Waals surface area contributed by atoms with Crippen molar-refractivity contribution in [3.63, 3.8) is 0 Å². The molecule has 0 aromatic heterocycles. The summed E-state index contributed by atoms with van der Waals surface area (Å²) >= 11 is 6.40. The molecule has 2 heterocycles. The van der Waals surface area contributed by atoms with Crippen molar-refractivity contribution < 1.29 is 23.9 Å². The van der Waals surface area contributed by atoms with Gasteiger partial charge in [0.05, 0.1) is 18.1 Å². The Kier molecular flexibility index (Phi) is 7.61. The molecule has 2 aromatic carbocycles. The summed E-state index contributed by atoms with van der Waals surface area (Å²) in [4.78, 5) is 39.6. The molecular formula is C24H23N3O5S2. The van der Waals surface area contributed by atoms with Gasteiger partial charge in [-0.2, -0.15) is 5.01 Å². The van der Waals surface area contributed by atoms with E-state index in [1.54, 1.807) is 47.4 Å². The minimum absolute atomic E-state index is 0.0430. The lowest BCUT2D eigenvalue weighted by Crippen LogP contribution is -2.44. The highest BCUT2D eigenvalue weighted by molar-refractivity contribution is 8.26. The standard InChI is InChI=1S/C24H23N3O5S2/c1-16-2-6-18(7-3-16)22(29)25-27-23(30)20(34-24(27)33)14-17-4-8-19(9-5-17)32-15-21(28)26-10-12-31-13-11-26/h2-9,14H,10-13,15H2,1H3,(H,25,29)/b20-14+. The van der Waals surface area contributed by atoms with E-state index in [-0.39, 0.29) is 16.8 Å². The number of carbonyl (C=O) groups excluding carboxylic acids is 3. The van der Waals surface area contributed by atoms with Crippen LogP contribution in [-0.4, -0.2) is 64.9 Å². The number of rotatable bonds is 6. The van der Waals surface area contributed by atoms with Crippen LogP contribution in [0.2, 0.25) is 0 Å². The van der Waals surface area contributed by atoms with E-state index in [0.717, 1.165) is 27.9 Å². The highest BCUT2D eigenvalue weighted by Gasteiger charge is 2.33. The van der Waals surface area contributed by atoms with Crippen LogP contribution in [0.25, 0.3) is 6.08 Å². The van der Waals surface area contributed by atoms with E-state index in [2.05, 4.69) is 5.43 Å². The summed E-state index contributed by atoms with van der Waals surface area (Å²) in [7, 11) is 0. The van der Waals surface area contributed by atoms with Crippen molar-refractivity contribution in [2.75, 3.05) is 32.9 Å². The number of carbonyl (C=O) groups is 3. The lowest BCUT2D eigenvalue weighted by Gasteiger charge is -2.26. The van der Waals surface area contributed by atoms with Gasteiger partial charge in [-0.25, -0.2) is 0 Å². The molecule has 0 aliphatic carbocycles. The van der Waals surface area contributed by atoms with Gasteiger partial charge in [-0.05, 0) is 55.0 Å². The zero-order chi connectivity index (χ0) is 24.1. The molecule has 2 aliphatic rings. The largest absolute Gasteiger partial charge is 0.484 e. The molecule has 0 spiro atoms. The minimum atomic E-state index is -0.411. The van der Waals surface area contributed by atoms with Gasteiger partial charge in [0.1, 0.15) is 5.75 Å². The molecule has 3 amide bonds. The number of morpholine rings is 1. The lowest BCUT2D eigenvalue weighted by atomic mass is 10.1. The van der Waals surface area contributed by atoms with E-state index in [1.165, 1.54) is 0 Å². The van der Waals surface area contributed by atoms with E-state index >= 15 is 0 Å². The Morgan fingerprint density at radius 2 is 1.79 bits per heavy atom. The maximum Gasteiger partial charge on any atom is 0.285 e. The molecule has 2 fully saturated rings. The van der Waals surface area contributed by atoms with Gasteiger partial charge in [-0.1, -0.05) is 41.6 Å². The summed E-state index contributed by atoms with van der Waals surface area (Å²) in [5.41, 5.74) is 4.80. The monoisotopic (exact) mass is 497 g/mol. The van der Waals surface area contributed by atoms with Crippen molar-refractivity contribution >= 4 is 52.1 Å². The molecule has 0 bridgehead atoms. The second-order valence-electron chi connectivity index (χ2n) is 7.67. The number of hydrogen-bond acceptors (Lipinski definition) is 7. The molecule has 0 saturated carbocycles. The van der Waals surface area contributed by atoms with Crippen molar-refractivity contribution in [1.82, 2.24) is 15.3 Å². The molecule has 34 heavy (non-hydrogen) atoms. The number of aryl methyl sites for hydroxylation is 1. The van der Waals surface area contributed by atoms with Crippen LogP contribution < -0.4 is 10.2 Å². The third-order valence-corrected chi connectivity index (χ3v) is 6.53. The highest BCUT2D eigenvalue weighted by Crippen LogP contribution is 2.31. The smallest absolute Gasteiger partial charge is 0.285 e. The van der Waals surface area contributed by atoms with Gasteiger partial charge in [0.15, 0.2) is 10.9 Å². The SMILES string of the molecule is Cc1ccc(C(=O)NN2C(=O)/C(=C\c3ccc(OCC(=O)N4CCOCC4)cc3)SC2=S)cc1. The lowest BCUT2D eigenvalue weighted by molar-refractivity contribution is -0.137. The zero-order valence-corrected chi connectivity index (χ0v) is 20.1. The molecule has 0 atom stereocenters. The fourth-order valence-electron chi connectivity index (χ4n) is 3.30. The second-order valence-corrected chi connectivity index (χ2v) is 9.35. The van der Waals surface area contributed by atoms with Gasteiger partial charge in [0.25, 0.3) is 17.7 Å². The Labute approximate surface area is 206 Å². The number of amides is 3. The minimum Gasteiger partial charge on any atom is -0.484 e. The third-order valence-electron chi connectivity index (χ3n) is 5.22. The first-order valence-electron chi connectivity index (χ1n) is 10.6. The number of hydrogen-bond donors (Lipinski definition) is 1. The molecule has 8 nitrogen and oxygen atoms in total. The van der Waals surface area contributed by atoms with E-state index in [4.69, 9.17) is 21.7 Å². The molecule has 2 aliphatic heterocycles. The predicted molar refractivity (Wildman–Crippen MR) is 133 cm³/mol. The van der Waals surface area contributed by atoms with Crippen LogP contribution >= 0.6 is 24.0 Å². The topological polar surface area (TPSA) is 88.2 Å². The Hall–Kier alpha value is -3.21. The van der Waals surface area contributed by atoms with Crippen LogP contribution in [0.4, 0.5) is 0 Å². The number of nitrogens with one attached hydrogen (secondary N) is 1. The number of nitrogens with zero attached hydrogens (tertiary/aromatic N) is 2. The molecular weight excluding hydrogens is 474 g/mol. The summed E-state index contributed by atoms with van der Waals surface area (Å²) in [6.45, 7) is 4.12. The van der Waals surface area contributed by atoms with Gasteiger partial charge < -0.3 is 14.4 Å². The number of hydrazine groups is 1. The van der Waals surface area contributed by atoms with E-state index in [1.807, 2.05) is 19.1 Å². The summed E-state index contributed by atoms with van der Waals surface area (Å²) in [5.74, 6) is -0.335. The summed E-state index contributed by atoms with van der Waals surface area (Å²) in [5, 5.41) is 1.09. The molecule has 176 valence electrons. The van der Waals surface area contributed by atoms with Crippen molar-refractivity contribution in [3.8, 4) is 5.75 Å². The van der Waals surface area contributed by atoms with Crippen molar-refractivity contribution in [2.45, 2.75) is 6.92 Å². The fourth-order valence-corrected chi connectivity index (χ4v) is 4.48. The molecule has 0 radical (unpaired) electrons. The van der Waals surface area contributed by atoms with Crippen LogP contribution in [0.15, 0.2) is 53.4 Å². The van der Waals surface area contributed by atoms with Crippen LogP contribution in [0.5, 0.6) is 5.75 Å². The quantitative estimate of drug-likeness (QED) is 0.485. The Balaban J connectivity index is 1.34. The first kappa shape index (κ1) is 23.9. The first-order valence-corrected chi connectivity index (χ1v) is 11.9. The highest BCUT2D eigenvalue weighted by atomic mass is 32.2. The van der Waals surface area contributed by atoms with Crippen LogP contribution in [-0.2, 0) is 14.3 Å². The number of benzene rings is 2. The van der Waals surface area contributed by atoms with Crippen LogP contribution in [0.3, 0.4) is 0 Å². The van der Waals surface area contributed by atoms with Gasteiger partial charge in [0.2, 0.25) is 0 Å². The Morgan fingerprint density at radius 1 is 1.12 bits per heavy atom. The first-order chi connectivity index (χ1) is 16.4. The van der Waals surface area contributed by atoms with Crippen molar-refractivity contribution in [1.29, 1.82) is 0 Å². The second kappa shape index (κ2) is 10.8. The average Bonchev–Trinajstić information content (AvgIpc) is 3.11. The van der Waals surface area contributed by atoms with Gasteiger partial charge in [-0.3, -0.25) is 19.8 Å². The molecule has 1 N–H and O–H groups in total. The summed E-state index contributed by atoms with van der Waals surface area (Å²) in [6.07, 6.45) is 1.69. The maximum atomic E-state index is 12.8. The summed E-state index contributed by atoms with van der Waals surface area (Å²) < 4.78 is 11.1. The van der Waals surface area contributed by atoms with Gasteiger partial charge in [0, 0.05) is 18.7 Å². The molecule has 2 saturated heterocycles. The van der Waals surface area contributed by atoms with E-state index in [9.17, 15) is 14.4 Å². The van der Waals surface area contributed by atoms with E-state index in [0.29, 0.717) is 42.5 Å². The van der Waals surface area contributed by atoms with Crippen molar-refractivity contribution in [3.05, 3.63) is 70.1 Å². The molecule has 10 heteroatoms. The number of thiocarbonyl (C=S) groups is 1. The van der Waals surface area contributed by atoms with Crippen LogP contribution in [0, 0.1) is 6.92 Å². The fraction of sp³-hybridized carbons (Fsp3) is 0.250. The Bertz CT molecular complexity index is 1130. The predicted octanol–water partition coefficient (Wildman–Crippen LogP) is 2.78. The van der Waals surface area contributed by atoms with Gasteiger partial charge in [-0.15, -0.1) is 0 Å². The van der Waals surface area contributed by atoms with Crippen LogP contribution in [0.1, 0.15) is 21.5 Å². The van der Waals surface area contributed by atoms with Crippen molar-refractivity contribution in [2.24, 2.45) is 0 Å². The normalized spacial score (nSPS) is 17.3. The molecule has 2 aromatic rings. The van der Waals surface area contributed by atoms with Gasteiger partial charge >= 0.3 is 0 Å². The average molecular weight is 498 g/mol. The van der Waals surface area contributed by atoms with E-state index < -0.39 is 11.8 Å². The third kappa shape index (κ3) is 5.82. The Morgan fingerprint density at radius 3 is 2.47 bits per heavy atom. The molecule has 0 unspecified atom stereocenters. The maximum absolute atomic E-state index is 12.8. The summed E-state index contributed by atoms with van der Waals surface area (Å²) in [6, 6.07) is 14.1. The number of thioether (sulfide) groups is 1. The number of ether oxygens (including phenoxy) is 2.